The lowest BCUT2D eigenvalue weighted by Gasteiger charge is -2.34. The Kier molecular flexibility index (Phi) is 10.7. The summed E-state index contributed by atoms with van der Waals surface area (Å²) in [5.41, 5.74) is 12.5. The number of nitrogens with two attached hydrogens (primary N) is 1. The van der Waals surface area contributed by atoms with Crippen molar-refractivity contribution < 1.29 is 9.59 Å². The Morgan fingerprint density at radius 3 is 2.35 bits per heavy atom. The summed E-state index contributed by atoms with van der Waals surface area (Å²) < 4.78 is 1.03. The highest BCUT2D eigenvalue weighted by atomic mass is 32.2. The first-order valence-electron chi connectivity index (χ1n) is 14.7. The second-order valence-corrected chi connectivity index (χ2v) is 14.6. The van der Waals surface area contributed by atoms with E-state index in [0.29, 0.717) is 48.9 Å². The summed E-state index contributed by atoms with van der Waals surface area (Å²) >= 11 is 3.17. The molecule has 230 valence electrons. The number of aromatic nitrogens is 1. The van der Waals surface area contributed by atoms with Gasteiger partial charge in [0, 0.05) is 62.6 Å². The summed E-state index contributed by atoms with van der Waals surface area (Å²) in [4.78, 5) is 37.7. The highest BCUT2D eigenvalue weighted by molar-refractivity contribution is 8.00. The van der Waals surface area contributed by atoms with Crippen LogP contribution in [0.1, 0.15) is 72.8 Å². The second kappa shape index (κ2) is 14.1. The molecule has 1 unspecified atom stereocenters. The van der Waals surface area contributed by atoms with Crippen LogP contribution in [0.2, 0.25) is 0 Å². The topological polar surface area (TPSA) is 104 Å². The van der Waals surface area contributed by atoms with Gasteiger partial charge in [-0.1, -0.05) is 62.4 Å². The number of thioether (sulfide) groups is 1. The molecule has 1 aromatic heterocycles. The minimum Gasteiger partial charge on any atom is -0.383 e. The minimum atomic E-state index is 0.0318. The fraction of sp³-hybridized carbons (Fsp3) is 0.455. The molecule has 1 aliphatic heterocycles. The maximum atomic E-state index is 13.4. The van der Waals surface area contributed by atoms with Crippen molar-refractivity contribution in [1.82, 2.24) is 20.1 Å². The van der Waals surface area contributed by atoms with Crippen LogP contribution in [0, 0.1) is 19.3 Å². The number of amides is 2. The summed E-state index contributed by atoms with van der Waals surface area (Å²) in [6.45, 7) is 17.6. The van der Waals surface area contributed by atoms with Gasteiger partial charge in [0.2, 0.25) is 11.0 Å². The van der Waals surface area contributed by atoms with Crippen molar-refractivity contribution in [2.45, 2.75) is 71.0 Å². The Morgan fingerprint density at radius 1 is 1.07 bits per heavy atom. The number of amidine groups is 1. The van der Waals surface area contributed by atoms with Gasteiger partial charge < -0.3 is 20.9 Å². The fourth-order valence-electron chi connectivity index (χ4n) is 4.70. The summed E-state index contributed by atoms with van der Waals surface area (Å²) in [7, 11) is 0. The molecule has 0 saturated carbocycles. The largest absolute Gasteiger partial charge is 0.383 e. The van der Waals surface area contributed by atoms with Gasteiger partial charge in [-0.3, -0.25) is 9.59 Å². The molecule has 0 bridgehead atoms. The molecule has 4 rings (SSSR count). The number of nitrogens with zero attached hydrogens (tertiary/aromatic N) is 4. The Bertz CT molecular complexity index is 1470. The Hall–Kier alpha value is -3.21. The molecule has 0 spiro atoms. The van der Waals surface area contributed by atoms with E-state index in [1.807, 2.05) is 43.1 Å². The van der Waals surface area contributed by atoms with E-state index in [-0.39, 0.29) is 17.2 Å². The Balaban J connectivity index is 1.36. The zero-order chi connectivity index (χ0) is 31.3. The van der Waals surface area contributed by atoms with Crippen LogP contribution in [0.25, 0.3) is 0 Å². The van der Waals surface area contributed by atoms with Crippen molar-refractivity contribution in [3.8, 4) is 0 Å². The fourth-order valence-corrected chi connectivity index (χ4v) is 6.47. The lowest BCUT2D eigenvalue weighted by atomic mass is 9.88. The number of carbonyl (C=O) groups excluding carboxylic acids is 2. The molecule has 43 heavy (non-hydrogen) atoms. The number of nitrogens with one attached hydrogen (secondary N) is 1. The van der Waals surface area contributed by atoms with Gasteiger partial charge in [0.1, 0.15) is 5.84 Å². The summed E-state index contributed by atoms with van der Waals surface area (Å²) in [5, 5.41) is 4.20. The number of aliphatic imine (C=N–C) groups is 1. The lowest BCUT2D eigenvalue weighted by Crippen LogP contribution is -2.50. The number of benzene rings is 2. The summed E-state index contributed by atoms with van der Waals surface area (Å²) in [6, 6.07) is 12.7. The molecule has 1 aliphatic rings. The third-order valence-corrected chi connectivity index (χ3v) is 10.4. The molecule has 3 aromatic rings. The maximum Gasteiger partial charge on any atom is 0.254 e. The zero-order valence-corrected chi connectivity index (χ0v) is 28.0. The SMILES string of the molecule is CC(=O)N1CCN(C(=O)c2cc(CSc3cnc(N=C(N)c4ccc(CNC(C)C(C)(C)C)cc4)s3)cc(C)c2C)CC1. The number of aryl methyl sites for hydroxylation is 1. The van der Waals surface area contributed by atoms with Crippen molar-refractivity contribution in [2.75, 3.05) is 26.2 Å². The van der Waals surface area contributed by atoms with Crippen LogP contribution in [0.15, 0.2) is 51.8 Å². The predicted octanol–water partition coefficient (Wildman–Crippen LogP) is 5.92. The van der Waals surface area contributed by atoms with E-state index in [9.17, 15) is 9.59 Å². The van der Waals surface area contributed by atoms with Gasteiger partial charge in [0.15, 0.2) is 0 Å². The number of carbonyl (C=O) groups is 2. The second-order valence-electron chi connectivity index (χ2n) is 12.3. The molecule has 1 atom stereocenters. The van der Waals surface area contributed by atoms with Gasteiger partial charge in [-0.05, 0) is 54.5 Å². The molecule has 0 radical (unpaired) electrons. The number of hydrogen-bond acceptors (Lipinski definition) is 7. The smallest absolute Gasteiger partial charge is 0.254 e. The minimum absolute atomic E-state index is 0.0318. The quantitative estimate of drug-likeness (QED) is 0.175. The molecule has 2 heterocycles. The molecule has 8 nitrogen and oxygen atoms in total. The zero-order valence-electron chi connectivity index (χ0n) is 26.4. The Labute approximate surface area is 264 Å². The lowest BCUT2D eigenvalue weighted by molar-refractivity contribution is -0.130. The van der Waals surface area contributed by atoms with E-state index in [1.54, 1.807) is 23.6 Å². The number of thiazole rings is 1. The van der Waals surface area contributed by atoms with Crippen molar-refractivity contribution in [1.29, 1.82) is 0 Å². The van der Waals surface area contributed by atoms with Gasteiger partial charge in [0.05, 0.1) is 10.4 Å². The third kappa shape index (κ3) is 8.68. The van der Waals surface area contributed by atoms with Crippen molar-refractivity contribution in [3.63, 3.8) is 0 Å². The first kappa shape index (κ1) is 32.7. The van der Waals surface area contributed by atoms with Crippen LogP contribution >= 0.6 is 23.1 Å². The number of piperazine rings is 1. The number of hydrogen-bond donors (Lipinski definition) is 2. The average molecular weight is 621 g/mol. The molecular formula is C33H44N6O2S2. The summed E-state index contributed by atoms with van der Waals surface area (Å²) in [5.74, 6) is 1.24. The van der Waals surface area contributed by atoms with Gasteiger partial charge in [-0.25, -0.2) is 9.98 Å². The normalized spacial score (nSPS) is 15.1. The van der Waals surface area contributed by atoms with Crippen molar-refractivity contribution in [3.05, 3.63) is 76.0 Å². The van der Waals surface area contributed by atoms with Crippen LogP contribution < -0.4 is 11.1 Å². The van der Waals surface area contributed by atoms with E-state index in [2.05, 4.69) is 61.2 Å². The standard InChI is InChI=1S/C33H44N6O2S2/c1-21-16-26(17-28(22(21)2)31(41)39-14-12-38(13-15-39)24(4)40)20-42-29-19-36-32(43-29)37-30(34)27-10-8-25(9-11-27)18-35-23(3)33(5,6)7/h8-11,16-17,19,23,35H,12-15,18,20H2,1-7H3,(H2,34,36,37). The van der Waals surface area contributed by atoms with E-state index < -0.39 is 0 Å². The summed E-state index contributed by atoms with van der Waals surface area (Å²) in [6.07, 6.45) is 1.83. The molecular weight excluding hydrogens is 577 g/mol. The first-order valence-corrected chi connectivity index (χ1v) is 16.5. The van der Waals surface area contributed by atoms with Crippen LogP contribution in [0.4, 0.5) is 5.13 Å². The highest BCUT2D eigenvalue weighted by Crippen LogP contribution is 2.33. The van der Waals surface area contributed by atoms with E-state index >= 15 is 0 Å². The maximum absolute atomic E-state index is 13.4. The Morgan fingerprint density at radius 2 is 1.72 bits per heavy atom. The van der Waals surface area contributed by atoms with Gasteiger partial charge in [-0.15, -0.1) is 11.8 Å². The number of rotatable bonds is 9. The van der Waals surface area contributed by atoms with Crippen molar-refractivity contribution >= 4 is 45.9 Å². The van der Waals surface area contributed by atoms with E-state index in [0.717, 1.165) is 38.6 Å². The van der Waals surface area contributed by atoms with Crippen LogP contribution in [-0.2, 0) is 17.1 Å². The van der Waals surface area contributed by atoms with Gasteiger partial charge in [-0.2, -0.15) is 0 Å². The highest BCUT2D eigenvalue weighted by Gasteiger charge is 2.25. The molecule has 1 fully saturated rings. The predicted molar refractivity (Wildman–Crippen MR) is 178 cm³/mol. The van der Waals surface area contributed by atoms with Crippen LogP contribution in [0.3, 0.4) is 0 Å². The van der Waals surface area contributed by atoms with Gasteiger partial charge >= 0.3 is 0 Å². The molecule has 10 heteroatoms. The van der Waals surface area contributed by atoms with Gasteiger partial charge in [0.25, 0.3) is 5.91 Å². The molecule has 1 saturated heterocycles. The van der Waals surface area contributed by atoms with Crippen LogP contribution in [0.5, 0.6) is 0 Å². The average Bonchev–Trinajstić information content (AvgIpc) is 3.42. The van der Waals surface area contributed by atoms with Crippen molar-refractivity contribution in [2.24, 2.45) is 16.1 Å². The molecule has 3 N–H and O–H groups in total. The molecule has 2 aromatic carbocycles. The molecule has 2 amide bonds. The third-order valence-electron chi connectivity index (χ3n) is 8.20. The van der Waals surface area contributed by atoms with E-state index in [1.165, 1.54) is 16.9 Å². The van der Waals surface area contributed by atoms with Crippen LogP contribution in [-0.4, -0.2) is 64.7 Å². The monoisotopic (exact) mass is 620 g/mol. The van der Waals surface area contributed by atoms with E-state index in [4.69, 9.17) is 5.73 Å². The first-order chi connectivity index (χ1) is 20.3. The molecule has 0 aliphatic carbocycles.